The van der Waals surface area contributed by atoms with Crippen LogP contribution in [0.2, 0.25) is 5.15 Å². The van der Waals surface area contributed by atoms with Crippen molar-refractivity contribution in [3.63, 3.8) is 0 Å². The molecule has 0 fully saturated rings. The summed E-state index contributed by atoms with van der Waals surface area (Å²) in [5.41, 5.74) is 0.527. The maximum atomic E-state index is 12.2. The number of amides is 1. The maximum Gasteiger partial charge on any atom is 0.269 e. The number of ether oxygens (including phenoxy) is 2. The van der Waals surface area contributed by atoms with Crippen LogP contribution >= 0.6 is 27.5 Å². The largest absolute Gasteiger partial charge is 0.485 e. The zero-order valence-electron chi connectivity index (χ0n) is 10.7. The fourth-order valence-corrected chi connectivity index (χ4v) is 2.31. The average molecular weight is 370 g/mol. The Morgan fingerprint density at radius 3 is 2.90 bits per heavy atom. The molecule has 0 bridgehead atoms. The number of fused-ring (bicyclic) bond motifs is 1. The first-order valence-corrected chi connectivity index (χ1v) is 7.31. The predicted octanol–water partition coefficient (Wildman–Crippen LogP) is 3.28. The van der Waals surface area contributed by atoms with Gasteiger partial charge < -0.3 is 14.8 Å². The third kappa shape index (κ3) is 3.11. The minimum atomic E-state index is -0.714. The van der Waals surface area contributed by atoms with Gasteiger partial charge in [-0.1, -0.05) is 23.7 Å². The van der Waals surface area contributed by atoms with Gasteiger partial charge >= 0.3 is 0 Å². The first-order valence-electron chi connectivity index (χ1n) is 6.14. The number of pyridine rings is 1. The number of hydrogen-bond acceptors (Lipinski definition) is 4. The van der Waals surface area contributed by atoms with E-state index in [4.69, 9.17) is 21.1 Å². The zero-order chi connectivity index (χ0) is 14.8. The summed E-state index contributed by atoms with van der Waals surface area (Å²) >= 11 is 9.06. The number of nitrogens with zero attached hydrogens (tertiary/aromatic N) is 1. The van der Waals surface area contributed by atoms with E-state index >= 15 is 0 Å². The molecule has 1 aliphatic rings. The molecule has 0 spiro atoms. The van der Waals surface area contributed by atoms with Crippen molar-refractivity contribution < 1.29 is 14.3 Å². The second-order valence-electron chi connectivity index (χ2n) is 4.35. The molecular weight excluding hydrogens is 360 g/mol. The van der Waals surface area contributed by atoms with Crippen molar-refractivity contribution in [1.29, 1.82) is 0 Å². The Morgan fingerprint density at radius 2 is 2.14 bits per heavy atom. The molecule has 2 heterocycles. The predicted molar refractivity (Wildman–Crippen MR) is 81.9 cm³/mol. The van der Waals surface area contributed by atoms with Crippen molar-refractivity contribution in [2.75, 3.05) is 11.9 Å². The van der Waals surface area contributed by atoms with E-state index in [-0.39, 0.29) is 12.5 Å². The number of halogens is 2. The van der Waals surface area contributed by atoms with Crippen LogP contribution in [0.15, 0.2) is 41.0 Å². The smallest absolute Gasteiger partial charge is 0.269 e. The van der Waals surface area contributed by atoms with Gasteiger partial charge in [0.25, 0.3) is 5.91 Å². The first kappa shape index (κ1) is 14.2. The highest BCUT2D eigenvalue weighted by Crippen LogP contribution is 2.31. The van der Waals surface area contributed by atoms with E-state index in [2.05, 4.69) is 26.2 Å². The lowest BCUT2D eigenvalue weighted by molar-refractivity contribution is -0.125. The second-order valence-corrected chi connectivity index (χ2v) is 5.56. The summed E-state index contributed by atoms with van der Waals surface area (Å²) in [6, 6.07) is 8.89. The van der Waals surface area contributed by atoms with Crippen LogP contribution in [0.4, 0.5) is 5.69 Å². The Bertz CT molecular complexity index is 696. The van der Waals surface area contributed by atoms with Gasteiger partial charge in [-0.15, -0.1) is 0 Å². The average Bonchev–Trinajstić information content (AvgIpc) is 2.50. The van der Waals surface area contributed by atoms with E-state index in [1.165, 1.54) is 6.20 Å². The van der Waals surface area contributed by atoms with Gasteiger partial charge in [-0.25, -0.2) is 4.98 Å². The molecule has 0 radical (unpaired) electrons. The number of anilines is 1. The Labute approximate surface area is 134 Å². The number of carbonyl (C=O) groups excluding carboxylic acids is 1. The zero-order valence-corrected chi connectivity index (χ0v) is 13.0. The summed E-state index contributed by atoms with van der Waals surface area (Å²) in [4.78, 5) is 16.1. The lowest BCUT2D eigenvalue weighted by atomic mass is 10.2. The molecular formula is C14H10BrClN2O3. The van der Waals surface area contributed by atoms with Crippen molar-refractivity contribution in [3.05, 3.63) is 46.2 Å². The van der Waals surface area contributed by atoms with Crippen molar-refractivity contribution in [2.24, 2.45) is 0 Å². The minimum absolute atomic E-state index is 0.158. The summed E-state index contributed by atoms with van der Waals surface area (Å²) in [6.07, 6.45) is 0.761. The van der Waals surface area contributed by atoms with E-state index in [9.17, 15) is 4.79 Å². The molecule has 1 amide bonds. The van der Waals surface area contributed by atoms with Crippen molar-refractivity contribution >= 4 is 39.1 Å². The van der Waals surface area contributed by atoms with Gasteiger partial charge in [-0.05, 0) is 34.1 Å². The van der Waals surface area contributed by atoms with Gasteiger partial charge in [0, 0.05) is 0 Å². The molecule has 21 heavy (non-hydrogen) atoms. The fraction of sp³-hybridized carbons (Fsp3) is 0.143. The number of carbonyl (C=O) groups is 1. The van der Waals surface area contributed by atoms with E-state index in [1.54, 1.807) is 18.2 Å². The van der Waals surface area contributed by atoms with Gasteiger partial charge in [-0.3, -0.25) is 4.79 Å². The maximum absolute atomic E-state index is 12.2. The first-order chi connectivity index (χ1) is 10.1. The van der Waals surface area contributed by atoms with Crippen LogP contribution in [0, 0.1) is 0 Å². The van der Waals surface area contributed by atoms with Crippen LogP contribution in [-0.2, 0) is 4.79 Å². The highest BCUT2D eigenvalue weighted by molar-refractivity contribution is 9.10. The van der Waals surface area contributed by atoms with Crippen molar-refractivity contribution in [3.8, 4) is 11.5 Å². The summed E-state index contributed by atoms with van der Waals surface area (Å²) < 4.78 is 11.7. The normalized spacial score (nSPS) is 16.4. The van der Waals surface area contributed by atoms with E-state index < -0.39 is 6.10 Å². The lowest BCUT2D eigenvalue weighted by Gasteiger charge is -2.25. The van der Waals surface area contributed by atoms with Crippen LogP contribution in [0.5, 0.6) is 11.5 Å². The monoisotopic (exact) mass is 368 g/mol. The topological polar surface area (TPSA) is 60.5 Å². The molecule has 1 aromatic heterocycles. The Kier molecular flexibility index (Phi) is 3.98. The number of nitrogens with one attached hydrogen (secondary N) is 1. The summed E-state index contributed by atoms with van der Waals surface area (Å²) in [5, 5.41) is 3.05. The van der Waals surface area contributed by atoms with Gasteiger partial charge in [0.05, 0.1) is 16.4 Å². The lowest BCUT2D eigenvalue weighted by Crippen LogP contribution is -2.40. The van der Waals surface area contributed by atoms with Gasteiger partial charge in [0.15, 0.2) is 11.5 Å². The number of aromatic nitrogens is 1. The highest BCUT2D eigenvalue weighted by Gasteiger charge is 2.27. The molecule has 5 nitrogen and oxygen atoms in total. The SMILES string of the molecule is O=C(Nc1cnc(Cl)c(Br)c1)C1COc2ccccc2O1. The molecule has 1 aromatic carbocycles. The third-order valence-corrected chi connectivity index (χ3v) is 4.00. The summed E-state index contributed by atoms with van der Waals surface area (Å²) in [7, 11) is 0. The van der Waals surface area contributed by atoms with E-state index in [1.807, 2.05) is 12.1 Å². The molecule has 108 valence electrons. The van der Waals surface area contributed by atoms with Crippen LogP contribution in [-0.4, -0.2) is 23.6 Å². The Balaban J connectivity index is 1.70. The minimum Gasteiger partial charge on any atom is -0.485 e. The van der Waals surface area contributed by atoms with Crippen molar-refractivity contribution in [1.82, 2.24) is 4.98 Å². The molecule has 1 atom stereocenters. The molecule has 0 saturated heterocycles. The quantitative estimate of drug-likeness (QED) is 0.825. The Morgan fingerprint density at radius 1 is 1.38 bits per heavy atom. The van der Waals surface area contributed by atoms with Crippen molar-refractivity contribution in [2.45, 2.75) is 6.10 Å². The van der Waals surface area contributed by atoms with Crippen LogP contribution < -0.4 is 14.8 Å². The number of hydrogen-bond donors (Lipinski definition) is 1. The van der Waals surface area contributed by atoms with E-state index in [0.717, 1.165) is 0 Å². The number of para-hydroxylation sites is 2. The second kappa shape index (κ2) is 5.91. The third-order valence-electron chi connectivity index (χ3n) is 2.86. The van der Waals surface area contributed by atoms with Gasteiger partial charge in [-0.2, -0.15) is 0 Å². The summed E-state index contributed by atoms with van der Waals surface area (Å²) in [6.45, 7) is 0.158. The van der Waals surface area contributed by atoms with Gasteiger partial charge in [0.1, 0.15) is 11.8 Å². The molecule has 0 aliphatic carbocycles. The molecule has 7 heteroatoms. The molecule has 2 aromatic rings. The standard InChI is InChI=1S/C14H10BrClN2O3/c15-9-5-8(6-17-13(9)16)18-14(19)12-7-20-10-3-1-2-4-11(10)21-12/h1-6,12H,7H2,(H,18,19). The van der Waals surface area contributed by atoms with Crippen LogP contribution in [0.3, 0.4) is 0 Å². The summed E-state index contributed by atoms with van der Waals surface area (Å²) in [5.74, 6) is 0.886. The Hall–Kier alpha value is -1.79. The molecule has 0 saturated carbocycles. The van der Waals surface area contributed by atoms with E-state index in [0.29, 0.717) is 26.8 Å². The molecule has 1 aliphatic heterocycles. The van der Waals surface area contributed by atoms with Crippen LogP contribution in [0.25, 0.3) is 0 Å². The highest BCUT2D eigenvalue weighted by atomic mass is 79.9. The van der Waals surface area contributed by atoms with Crippen LogP contribution in [0.1, 0.15) is 0 Å². The van der Waals surface area contributed by atoms with Gasteiger partial charge in [0.2, 0.25) is 6.10 Å². The number of rotatable bonds is 2. The molecule has 1 unspecified atom stereocenters. The fourth-order valence-electron chi connectivity index (χ4n) is 1.86. The molecule has 3 rings (SSSR count). The number of benzene rings is 1. The molecule has 1 N–H and O–H groups in total.